The molecule has 0 aromatic carbocycles. The van der Waals surface area contributed by atoms with E-state index in [1.54, 1.807) is 0 Å². The number of ether oxygens (including phenoxy) is 3. The van der Waals surface area contributed by atoms with E-state index in [1.807, 2.05) is 6.92 Å². The summed E-state index contributed by atoms with van der Waals surface area (Å²) in [6.45, 7) is 4.57. The van der Waals surface area contributed by atoms with Crippen LogP contribution in [0.5, 0.6) is 0 Å². The fourth-order valence-electron chi connectivity index (χ4n) is 0.759. The first-order chi connectivity index (χ1) is 7.06. The summed E-state index contributed by atoms with van der Waals surface area (Å²) in [7, 11) is -3.41. The molecule has 0 aliphatic heterocycles. The summed E-state index contributed by atoms with van der Waals surface area (Å²) < 4.78 is 36.1. The Morgan fingerprint density at radius 3 is 1.87 bits per heavy atom. The van der Waals surface area contributed by atoms with Crippen LogP contribution in [-0.2, 0) is 24.2 Å². The van der Waals surface area contributed by atoms with Crippen LogP contribution in [0.2, 0.25) is 0 Å². The molecule has 92 valence electrons. The fourth-order valence-corrected chi connectivity index (χ4v) is 1.11. The molecule has 0 aliphatic rings. The van der Waals surface area contributed by atoms with Crippen molar-refractivity contribution in [2.45, 2.75) is 6.92 Å². The Labute approximate surface area is 90.7 Å². The molecule has 0 bridgehead atoms. The van der Waals surface area contributed by atoms with Gasteiger partial charge in [-0.3, -0.25) is 0 Å². The number of hydrogen-bond donors (Lipinski definition) is 1. The summed E-state index contributed by atoms with van der Waals surface area (Å²) in [4.78, 5) is 0. The van der Waals surface area contributed by atoms with E-state index in [2.05, 4.69) is 0 Å². The Kier molecular flexibility index (Phi) is 8.92. The van der Waals surface area contributed by atoms with Crippen molar-refractivity contribution in [1.29, 1.82) is 0 Å². The zero-order valence-electron chi connectivity index (χ0n) is 8.98. The highest BCUT2D eigenvalue weighted by Gasteiger charge is 2.01. The smallest absolute Gasteiger partial charge is 0.211 e. The van der Waals surface area contributed by atoms with Gasteiger partial charge in [-0.2, -0.15) is 0 Å². The molecule has 0 radical (unpaired) electrons. The third-order valence-corrected chi connectivity index (χ3v) is 2.20. The van der Waals surface area contributed by atoms with Crippen molar-refractivity contribution >= 4 is 10.0 Å². The molecule has 0 atom stereocenters. The Bertz CT molecular complexity index is 229. The number of hydrogen-bond acceptors (Lipinski definition) is 5. The van der Waals surface area contributed by atoms with Crippen molar-refractivity contribution < 1.29 is 22.6 Å². The van der Waals surface area contributed by atoms with Gasteiger partial charge in [-0.05, 0) is 6.92 Å². The van der Waals surface area contributed by atoms with Gasteiger partial charge in [0.15, 0.2) is 0 Å². The molecule has 6 nitrogen and oxygen atoms in total. The van der Waals surface area contributed by atoms with Gasteiger partial charge >= 0.3 is 0 Å². The van der Waals surface area contributed by atoms with Gasteiger partial charge in [-0.1, -0.05) is 0 Å². The lowest BCUT2D eigenvalue weighted by atomic mass is 10.7. The van der Waals surface area contributed by atoms with Crippen LogP contribution >= 0.6 is 0 Å². The summed E-state index contributed by atoms with van der Waals surface area (Å²) in [5, 5.41) is 4.78. The van der Waals surface area contributed by atoms with E-state index in [9.17, 15) is 8.42 Å². The maximum absolute atomic E-state index is 10.5. The van der Waals surface area contributed by atoms with E-state index >= 15 is 0 Å². The topological polar surface area (TPSA) is 87.8 Å². The van der Waals surface area contributed by atoms with Gasteiger partial charge in [-0.25, -0.2) is 13.6 Å². The SMILES string of the molecule is CCOCCOCCOCCS(N)(=O)=O. The maximum atomic E-state index is 10.5. The molecular weight excluding hydrogens is 222 g/mol. The van der Waals surface area contributed by atoms with Crippen LogP contribution in [0, 0.1) is 0 Å². The van der Waals surface area contributed by atoms with E-state index in [0.717, 1.165) is 0 Å². The summed E-state index contributed by atoms with van der Waals surface area (Å²) in [6.07, 6.45) is 0. The van der Waals surface area contributed by atoms with E-state index < -0.39 is 10.0 Å². The molecule has 0 aliphatic carbocycles. The molecule has 0 aromatic rings. The average molecular weight is 241 g/mol. The molecule has 0 amide bonds. The second kappa shape index (κ2) is 9.05. The second-order valence-electron chi connectivity index (χ2n) is 2.79. The van der Waals surface area contributed by atoms with Gasteiger partial charge < -0.3 is 14.2 Å². The highest BCUT2D eigenvalue weighted by molar-refractivity contribution is 7.89. The lowest BCUT2D eigenvalue weighted by molar-refractivity contribution is 0.0198. The van der Waals surface area contributed by atoms with Crippen LogP contribution in [0.15, 0.2) is 0 Å². The number of primary sulfonamides is 1. The lowest BCUT2D eigenvalue weighted by Crippen LogP contribution is -2.21. The minimum absolute atomic E-state index is 0.105. The molecular formula is C8H19NO5S. The third kappa shape index (κ3) is 13.8. The van der Waals surface area contributed by atoms with E-state index in [-0.39, 0.29) is 12.4 Å². The Morgan fingerprint density at radius 1 is 0.933 bits per heavy atom. The molecule has 2 N–H and O–H groups in total. The zero-order chi connectivity index (χ0) is 11.6. The third-order valence-electron chi connectivity index (χ3n) is 1.46. The lowest BCUT2D eigenvalue weighted by Gasteiger charge is -2.05. The maximum Gasteiger partial charge on any atom is 0.211 e. The average Bonchev–Trinajstić information content (AvgIpc) is 2.14. The van der Waals surface area contributed by atoms with Crippen molar-refractivity contribution in [1.82, 2.24) is 0 Å². The molecule has 0 rings (SSSR count). The normalized spacial score (nSPS) is 11.9. The van der Waals surface area contributed by atoms with E-state index in [0.29, 0.717) is 33.0 Å². The highest BCUT2D eigenvalue weighted by Crippen LogP contribution is 1.83. The van der Waals surface area contributed by atoms with Gasteiger partial charge in [0.25, 0.3) is 0 Å². The first-order valence-corrected chi connectivity index (χ1v) is 6.51. The van der Waals surface area contributed by atoms with Crippen LogP contribution in [0.25, 0.3) is 0 Å². The van der Waals surface area contributed by atoms with Crippen molar-refractivity contribution in [3.8, 4) is 0 Å². The summed E-state index contributed by atoms with van der Waals surface area (Å²) >= 11 is 0. The quantitative estimate of drug-likeness (QED) is 0.513. The van der Waals surface area contributed by atoms with Gasteiger partial charge in [0.2, 0.25) is 10.0 Å². The Hall–Kier alpha value is -0.210. The first-order valence-electron chi connectivity index (χ1n) is 4.80. The molecule has 7 heteroatoms. The van der Waals surface area contributed by atoms with E-state index in [1.165, 1.54) is 0 Å². The van der Waals surface area contributed by atoms with Crippen LogP contribution in [0.3, 0.4) is 0 Å². The molecule has 15 heavy (non-hydrogen) atoms. The van der Waals surface area contributed by atoms with Gasteiger partial charge in [0.1, 0.15) is 0 Å². The standard InChI is InChI=1S/C8H19NO5S/c1-2-12-3-4-13-5-6-14-7-8-15(9,10)11/h2-8H2,1H3,(H2,9,10,11). The van der Waals surface area contributed by atoms with Crippen LogP contribution in [0.1, 0.15) is 6.92 Å². The zero-order valence-corrected chi connectivity index (χ0v) is 9.79. The summed E-state index contributed by atoms with van der Waals surface area (Å²) in [5.74, 6) is -0.161. The number of sulfonamides is 1. The summed E-state index contributed by atoms with van der Waals surface area (Å²) in [5.41, 5.74) is 0. The minimum atomic E-state index is -3.41. The Morgan fingerprint density at radius 2 is 1.40 bits per heavy atom. The fraction of sp³-hybridized carbons (Fsp3) is 1.00. The van der Waals surface area contributed by atoms with E-state index in [4.69, 9.17) is 19.3 Å². The van der Waals surface area contributed by atoms with Crippen LogP contribution < -0.4 is 5.14 Å². The highest BCUT2D eigenvalue weighted by atomic mass is 32.2. The predicted molar refractivity (Wildman–Crippen MR) is 56.1 cm³/mol. The van der Waals surface area contributed by atoms with Gasteiger partial charge in [0.05, 0.1) is 38.8 Å². The first kappa shape index (κ1) is 14.8. The van der Waals surface area contributed by atoms with Crippen molar-refractivity contribution in [3.63, 3.8) is 0 Å². The second-order valence-corrected chi connectivity index (χ2v) is 4.52. The number of nitrogens with two attached hydrogens (primary N) is 1. The van der Waals surface area contributed by atoms with Crippen molar-refractivity contribution in [2.24, 2.45) is 5.14 Å². The molecule has 0 fully saturated rings. The van der Waals surface area contributed by atoms with Crippen molar-refractivity contribution in [3.05, 3.63) is 0 Å². The molecule has 0 unspecified atom stereocenters. The van der Waals surface area contributed by atoms with Crippen LogP contribution in [-0.4, -0.2) is 53.8 Å². The molecule has 0 saturated heterocycles. The monoisotopic (exact) mass is 241 g/mol. The number of rotatable bonds is 10. The predicted octanol–water partition coefficient (Wildman–Crippen LogP) is -0.655. The summed E-state index contributed by atoms with van der Waals surface area (Å²) in [6, 6.07) is 0. The van der Waals surface area contributed by atoms with Crippen molar-refractivity contribution in [2.75, 3.05) is 45.4 Å². The molecule has 0 heterocycles. The minimum Gasteiger partial charge on any atom is -0.379 e. The molecule has 0 aromatic heterocycles. The largest absolute Gasteiger partial charge is 0.379 e. The van der Waals surface area contributed by atoms with Crippen LogP contribution in [0.4, 0.5) is 0 Å². The Balaban J connectivity index is 3.06. The molecule has 0 spiro atoms. The van der Waals surface area contributed by atoms with Gasteiger partial charge in [0, 0.05) is 6.61 Å². The van der Waals surface area contributed by atoms with Gasteiger partial charge in [-0.15, -0.1) is 0 Å². The molecule has 0 saturated carbocycles.